The summed E-state index contributed by atoms with van der Waals surface area (Å²) in [4.78, 5) is 26.5. The van der Waals surface area contributed by atoms with Crippen molar-refractivity contribution in [1.29, 1.82) is 0 Å². The maximum atomic E-state index is 13.0. The summed E-state index contributed by atoms with van der Waals surface area (Å²) in [5.74, 6) is -0.912. The zero-order chi connectivity index (χ0) is 24.2. The normalized spacial score (nSPS) is 13.3. The van der Waals surface area contributed by atoms with E-state index in [2.05, 4.69) is 4.72 Å². The van der Waals surface area contributed by atoms with Gasteiger partial charge in [0.05, 0.1) is 21.7 Å². The lowest BCUT2D eigenvalue weighted by molar-refractivity contribution is 0.0977. The van der Waals surface area contributed by atoms with Gasteiger partial charge in [0.25, 0.3) is 0 Å². The van der Waals surface area contributed by atoms with Gasteiger partial charge in [0.1, 0.15) is 22.5 Å². The molecule has 1 atom stereocenters. The number of ketones is 2. The molecule has 0 aromatic heterocycles. The van der Waals surface area contributed by atoms with Crippen molar-refractivity contribution in [2.75, 3.05) is 25.5 Å². The van der Waals surface area contributed by atoms with Gasteiger partial charge >= 0.3 is 0 Å². The van der Waals surface area contributed by atoms with Crippen LogP contribution in [0.15, 0.2) is 59.5 Å². The van der Waals surface area contributed by atoms with Crippen LogP contribution in [0.2, 0.25) is 0 Å². The molecule has 34 heavy (non-hydrogen) atoms. The predicted molar refractivity (Wildman–Crippen MR) is 128 cm³/mol. The molecule has 0 amide bonds. The second kappa shape index (κ2) is 10.2. The van der Waals surface area contributed by atoms with E-state index in [-0.39, 0.29) is 39.4 Å². The quantitative estimate of drug-likeness (QED) is 0.190. The van der Waals surface area contributed by atoms with E-state index in [1.807, 2.05) is 6.92 Å². The Labute approximate surface area is 199 Å². The number of hydrogen-bond acceptors (Lipinski definition) is 7. The van der Waals surface area contributed by atoms with Crippen molar-refractivity contribution < 1.29 is 28.4 Å². The first kappa shape index (κ1) is 23.6. The standard InChI is InChI=1S/C25H24N2O6S/c1-2-32-13-5-12-27-34(31)16-10-8-15(9-11-16)33-20-14-19(28)21-22(23(20)26)25(30)18-7-4-3-6-17(18)24(21)29/h3-4,6-11,14,27-28H,2,5,12-13,26H2,1H3. The number of carbonyl (C=O) groups excluding carboxylic acids is 2. The number of carbonyl (C=O) groups is 2. The molecule has 0 radical (unpaired) electrons. The molecule has 3 aromatic carbocycles. The zero-order valence-corrected chi connectivity index (χ0v) is 19.3. The molecule has 0 bridgehead atoms. The second-order valence-corrected chi connectivity index (χ2v) is 8.85. The summed E-state index contributed by atoms with van der Waals surface area (Å²) in [5, 5.41) is 10.5. The van der Waals surface area contributed by atoms with Crippen molar-refractivity contribution in [1.82, 2.24) is 4.72 Å². The van der Waals surface area contributed by atoms with Gasteiger partial charge in [0.2, 0.25) is 0 Å². The van der Waals surface area contributed by atoms with Crippen LogP contribution in [0.5, 0.6) is 17.2 Å². The number of nitrogens with one attached hydrogen (secondary N) is 1. The largest absolute Gasteiger partial charge is 0.507 e. The Morgan fingerprint density at radius 3 is 2.29 bits per heavy atom. The Balaban J connectivity index is 1.53. The highest BCUT2D eigenvalue weighted by molar-refractivity contribution is 7.83. The maximum Gasteiger partial charge on any atom is 0.198 e. The molecule has 8 nitrogen and oxygen atoms in total. The first-order valence-corrected chi connectivity index (χ1v) is 11.9. The molecule has 3 aromatic rings. The van der Waals surface area contributed by atoms with E-state index in [0.29, 0.717) is 30.4 Å². The molecule has 0 heterocycles. The number of hydrogen-bond donors (Lipinski definition) is 3. The molecule has 0 spiro atoms. The first-order valence-electron chi connectivity index (χ1n) is 10.8. The van der Waals surface area contributed by atoms with Gasteiger partial charge in [0, 0.05) is 37.0 Å². The molecule has 176 valence electrons. The zero-order valence-electron chi connectivity index (χ0n) is 18.5. The SMILES string of the molecule is CCOCCCNS(=O)c1ccc(Oc2cc(O)c3c(c2N)C(=O)c2ccccc2C3=O)cc1. The van der Waals surface area contributed by atoms with Crippen molar-refractivity contribution in [2.45, 2.75) is 18.2 Å². The highest BCUT2D eigenvalue weighted by Gasteiger charge is 2.35. The lowest BCUT2D eigenvalue weighted by Gasteiger charge is -2.21. The minimum Gasteiger partial charge on any atom is -0.507 e. The van der Waals surface area contributed by atoms with E-state index in [4.69, 9.17) is 15.2 Å². The van der Waals surface area contributed by atoms with Crippen LogP contribution in [-0.4, -0.2) is 40.6 Å². The summed E-state index contributed by atoms with van der Waals surface area (Å²) in [6.07, 6.45) is 0.744. The third-order valence-electron chi connectivity index (χ3n) is 5.35. The number of fused-ring (bicyclic) bond motifs is 2. The van der Waals surface area contributed by atoms with Crippen LogP contribution in [0, 0.1) is 0 Å². The molecule has 9 heteroatoms. The van der Waals surface area contributed by atoms with Gasteiger partial charge in [0.15, 0.2) is 17.3 Å². The smallest absolute Gasteiger partial charge is 0.198 e. The van der Waals surface area contributed by atoms with Crippen LogP contribution in [0.1, 0.15) is 45.2 Å². The minimum absolute atomic E-state index is 0.0377. The van der Waals surface area contributed by atoms with Gasteiger partial charge in [-0.3, -0.25) is 9.59 Å². The van der Waals surface area contributed by atoms with Crippen molar-refractivity contribution in [3.8, 4) is 17.2 Å². The molecule has 1 unspecified atom stereocenters. The lowest BCUT2D eigenvalue weighted by atomic mass is 9.82. The van der Waals surface area contributed by atoms with Crippen molar-refractivity contribution in [2.24, 2.45) is 0 Å². The van der Waals surface area contributed by atoms with Crippen LogP contribution >= 0.6 is 0 Å². The molecule has 0 aliphatic heterocycles. The van der Waals surface area contributed by atoms with E-state index < -0.39 is 22.6 Å². The maximum absolute atomic E-state index is 13.0. The average Bonchev–Trinajstić information content (AvgIpc) is 2.84. The number of phenolic OH excluding ortho intramolecular Hbond substituents is 1. The van der Waals surface area contributed by atoms with Crippen LogP contribution in [-0.2, 0) is 15.7 Å². The molecular weight excluding hydrogens is 456 g/mol. The van der Waals surface area contributed by atoms with Crippen LogP contribution < -0.4 is 15.2 Å². The van der Waals surface area contributed by atoms with Crippen LogP contribution in [0.4, 0.5) is 5.69 Å². The fourth-order valence-corrected chi connectivity index (χ4v) is 4.56. The van der Waals surface area contributed by atoms with Crippen molar-refractivity contribution >= 4 is 28.2 Å². The third-order valence-corrected chi connectivity index (χ3v) is 6.51. The van der Waals surface area contributed by atoms with E-state index in [0.717, 1.165) is 6.42 Å². The third kappa shape index (κ3) is 4.58. The molecule has 4 rings (SSSR count). The number of phenols is 1. The number of anilines is 1. The Morgan fingerprint density at radius 2 is 1.65 bits per heavy atom. The first-order chi connectivity index (χ1) is 16.4. The van der Waals surface area contributed by atoms with E-state index in [1.165, 1.54) is 12.1 Å². The molecular formula is C25H24N2O6S. The van der Waals surface area contributed by atoms with Gasteiger partial charge in [-0.1, -0.05) is 24.3 Å². The van der Waals surface area contributed by atoms with Gasteiger partial charge < -0.3 is 20.3 Å². The molecule has 0 fully saturated rings. The lowest BCUT2D eigenvalue weighted by Crippen LogP contribution is -2.22. The monoisotopic (exact) mass is 480 g/mol. The van der Waals surface area contributed by atoms with Crippen LogP contribution in [0.25, 0.3) is 0 Å². The van der Waals surface area contributed by atoms with Gasteiger partial charge in [-0.05, 0) is 37.6 Å². The Bertz CT molecular complexity index is 1270. The number of nitrogen functional groups attached to an aromatic ring is 1. The van der Waals surface area contributed by atoms with Crippen molar-refractivity contribution in [3.63, 3.8) is 0 Å². The molecule has 0 saturated heterocycles. The average molecular weight is 481 g/mol. The fourth-order valence-electron chi connectivity index (χ4n) is 3.68. The van der Waals surface area contributed by atoms with Gasteiger partial charge in [-0.2, -0.15) is 0 Å². The number of aromatic hydroxyl groups is 1. The van der Waals surface area contributed by atoms with Crippen LogP contribution in [0.3, 0.4) is 0 Å². The van der Waals surface area contributed by atoms with Gasteiger partial charge in [-0.15, -0.1) is 0 Å². The summed E-state index contributed by atoms with van der Waals surface area (Å²) >= 11 is 0. The summed E-state index contributed by atoms with van der Waals surface area (Å²) in [7, 11) is -1.39. The molecule has 0 saturated carbocycles. The summed E-state index contributed by atoms with van der Waals surface area (Å²) in [6, 6.07) is 14.1. The Hall–Kier alpha value is -3.53. The Morgan fingerprint density at radius 1 is 1.00 bits per heavy atom. The van der Waals surface area contributed by atoms with E-state index in [9.17, 15) is 18.9 Å². The molecule has 1 aliphatic rings. The predicted octanol–water partition coefficient (Wildman–Crippen LogP) is 3.58. The summed E-state index contributed by atoms with van der Waals surface area (Å²) < 4.78 is 26.3. The van der Waals surface area contributed by atoms with Crippen molar-refractivity contribution in [3.05, 3.63) is 76.9 Å². The topological polar surface area (TPSA) is 128 Å². The molecule has 4 N–H and O–H groups in total. The Kier molecular flexibility index (Phi) is 7.06. The number of rotatable bonds is 9. The van der Waals surface area contributed by atoms with Gasteiger partial charge in [-0.25, -0.2) is 8.93 Å². The van der Waals surface area contributed by atoms with E-state index in [1.54, 1.807) is 42.5 Å². The fraction of sp³-hybridized carbons (Fsp3) is 0.200. The van der Waals surface area contributed by atoms with E-state index >= 15 is 0 Å². The minimum atomic E-state index is -1.39. The number of benzene rings is 3. The molecule has 1 aliphatic carbocycles. The summed E-state index contributed by atoms with van der Waals surface area (Å²) in [6.45, 7) is 3.72. The number of nitrogens with two attached hydrogens (primary N) is 1. The number of ether oxygens (including phenoxy) is 2. The summed E-state index contributed by atoms with van der Waals surface area (Å²) in [5.41, 5.74) is 6.42. The highest BCUT2D eigenvalue weighted by atomic mass is 32.2. The highest BCUT2D eigenvalue weighted by Crippen LogP contribution is 2.42. The second-order valence-electron chi connectivity index (χ2n) is 7.55.